The molecule has 1 aromatic carbocycles. The molecule has 0 bridgehead atoms. The molecule has 0 atom stereocenters. The van der Waals surface area contributed by atoms with Gasteiger partial charge in [-0.2, -0.15) is 5.06 Å². The Bertz CT molecular complexity index is 621. The van der Waals surface area contributed by atoms with Crippen LogP contribution < -0.4 is 0 Å². The van der Waals surface area contributed by atoms with Gasteiger partial charge in [-0.15, -0.1) is 0 Å². The van der Waals surface area contributed by atoms with E-state index in [-0.39, 0.29) is 12.3 Å². The van der Waals surface area contributed by atoms with Gasteiger partial charge < -0.3 is 14.8 Å². The minimum atomic E-state index is -1.16. The van der Waals surface area contributed by atoms with E-state index in [0.717, 1.165) is 16.7 Å². The number of aryl methyl sites for hydroxylation is 2. The highest BCUT2D eigenvalue weighted by atomic mass is 16.7. The summed E-state index contributed by atoms with van der Waals surface area (Å²) in [5.41, 5.74) is 1.92. The number of nitrogens with zero attached hydrogens (tertiary/aromatic N) is 2. The van der Waals surface area contributed by atoms with E-state index in [1.807, 2.05) is 32.0 Å². The van der Waals surface area contributed by atoms with Gasteiger partial charge >= 0.3 is 5.97 Å². The van der Waals surface area contributed by atoms with Gasteiger partial charge in [0.2, 0.25) is 5.91 Å². The zero-order valence-corrected chi connectivity index (χ0v) is 14.8. The standard InChI is InChI=1S/C18H26N2O4/c1-13-5-6-14(2)15(11-13)12-16(21)19(3)18(17(22)23)7-9-20(24-4)10-8-18/h5-6,11H,7-10,12H2,1-4H3,(H,22,23). The molecule has 1 aliphatic heterocycles. The Balaban J connectivity index is 2.18. The Morgan fingerprint density at radius 1 is 1.29 bits per heavy atom. The van der Waals surface area contributed by atoms with Crippen molar-refractivity contribution in [2.24, 2.45) is 0 Å². The fourth-order valence-electron chi connectivity index (χ4n) is 3.24. The van der Waals surface area contributed by atoms with Crippen LogP contribution in [-0.4, -0.2) is 59.7 Å². The topological polar surface area (TPSA) is 70.1 Å². The van der Waals surface area contributed by atoms with E-state index < -0.39 is 11.5 Å². The first kappa shape index (κ1) is 18.4. The van der Waals surface area contributed by atoms with Crippen LogP contribution in [0.15, 0.2) is 18.2 Å². The van der Waals surface area contributed by atoms with E-state index in [1.54, 1.807) is 19.2 Å². The Labute approximate surface area is 143 Å². The summed E-state index contributed by atoms with van der Waals surface area (Å²) in [5, 5.41) is 11.5. The number of hydrogen-bond donors (Lipinski definition) is 1. The summed E-state index contributed by atoms with van der Waals surface area (Å²) in [7, 11) is 3.17. The van der Waals surface area contributed by atoms with Crippen LogP contribution in [0, 0.1) is 13.8 Å². The fraction of sp³-hybridized carbons (Fsp3) is 0.556. The molecular weight excluding hydrogens is 308 g/mol. The molecule has 24 heavy (non-hydrogen) atoms. The summed E-state index contributed by atoms with van der Waals surface area (Å²) < 4.78 is 0. The van der Waals surface area contributed by atoms with E-state index in [9.17, 15) is 14.7 Å². The van der Waals surface area contributed by atoms with Crippen molar-refractivity contribution in [3.8, 4) is 0 Å². The van der Waals surface area contributed by atoms with Crippen molar-refractivity contribution in [1.82, 2.24) is 9.96 Å². The number of likely N-dealkylation sites (N-methyl/N-ethyl adjacent to an activating group) is 1. The molecule has 1 fully saturated rings. The molecule has 6 nitrogen and oxygen atoms in total. The maximum Gasteiger partial charge on any atom is 0.329 e. The van der Waals surface area contributed by atoms with Gasteiger partial charge in [-0.1, -0.05) is 23.8 Å². The molecule has 1 amide bonds. The third-order valence-corrected chi connectivity index (χ3v) is 5.07. The van der Waals surface area contributed by atoms with Crippen LogP contribution in [0.3, 0.4) is 0 Å². The average molecular weight is 334 g/mol. The molecule has 1 saturated heterocycles. The number of carboxylic acid groups (broad SMARTS) is 1. The number of rotatable bonds is 5. The molecule has 132 valence electrons. The minimum Gasteiger partial charge on any atom is -0.479 e. The first-order valence-corrected chi connectivity index (χ1v) is 8.15. The number of aliphatic carboxylic acids is 1. The van der Waals surface area contributed by atoms with E-state index in [1.165, 1.54) is 4.90 Å². The van der Waals surface area contributed by atoms with Crippen LogP contribution in [0.4, 0.5) is 0 Å². The van der Waals surface area contributed by atoms with Crippen LogP contribution in [0.2, 0.25) is 0 Å². The average Bonchev–Trinajstić information content (AvgIpc) is 2.57. The molecule has 0 saturated carbocycles. The maximum atomic E-state index is 12.8. The minimum absolute atomic E-state index is 0.169. The highest BCUT2D eigenvalue weighted by Gasteiger charge is 2.47. The van der Waals surface area contributed by atoms with Crippen LogP contribution >= 0.6 is 0 Å². The number of carboxylic acids is 1. The number of benzene rings is 1. The van der Waals surface area contributed by atoms with Gasteiger partial charge in [0.15, 0.2) is 0 Å². The van der Waals surface area contributed by atoms with Crippen LogP contribution in [0.5, 0.6) is 0 Å². The number of piperidine rings is 1. The first-order chi connectivity index (χ1) is 11.3. The van der Waals surface area contributed by atoms with Gasteiger partial charge in [0, 0.05) is 20.1 Å². The normalized spacial score (nSPS) is 17.5. The number of hydrogen-bond acceptors (Lipinski definition) is 4. The lowest BCUT2D eigenvalue weighted by atomic mass is 9.86. The van der Waals surface area contributed by atoms with Crippen molar-refractivity contribution in [2.75, 3.05) is 27.2 Å². The summed E-state index contributed by atoms with van der Waals surface area (Å²) in [6.07, 6.45) is 0.920. The number of amides is 1. The molecule has 0 aliphatic carbocycles. The second kappa shape index (κ2) is 7.32. The predicted octanol–water partition coefficient (Wildman–Crippen LogP) is 1.78. The Morgan fingerprint density at radius 2 is 1.92 bits per heavy atom. The van der Waals surface area contributed by atoms with Crippen molar-refractivity contribution < 1.29 is 19.5 Å². The molecule has 0 aromatic heterocycles. The predicted molar refractivity (Wildman–Crippen MR) is 90.6 cm³/mol. The second-order valence-electron chi connectivity index (χ2n) is 6.51. The highest BCUT2D eigenvalue weighted by Crippen LogP contribution is 2.29. The van der Waals surface area contributed by atoms with Gasteiger partial charge in [0.25, 0.3) is 0 Å². The van der Waals surface area contributed by atoms with Gasteiger partial charge in [-0.05, 0) is 37.8 Å². The van der Waals surface area contributed by atoms with E-state index >= 15 is 0 Å². The van der Waals surface area contributed by atoms with Crippen molar-refractivity contribution in [3.05, 3.63) is 34.9 Å². The zero-order chi connectivity index (χ0) is 17.9. The molecule has 1 N–H and O–H groups in total. The molecule has 1 heterocycles. The summed E-state index contributed by atoms with van der Waals surface area (Å²) in [6.45, 7) is 4.93. The third kappa shape index (κ3) is 3.60. The highest BCUT2D eigenvalue weighted by molar-refractivity contribution is 5.88. The molecule has 0 unspecified atom stereocenters. The summed E-state index contributed by atoms with van der Waals surface area (Å²) >= 11 is 0. The molecule has 1 aromatic rings. The lowest BCUT2D eigenvalue weighted by molar-refractivity contribution is -0.182. The largest absolute Gasteiger partial charge is 0.479 e. The van der Waals surface area contributed by atoms with Gasteiger partial charge in [0.1, 0.15) is 5.54 Å². The Morgan fingerprint density at radius 3 is 2.46 bits per heavy atom. The molecular formula is C18H26N2O4. The fourth-order valence-corrected chi connectivity index (χ4v) is 3.24. The molecule has 2 rings (SSSR count). The Hall–Kier alpha value is -1.92. The lowest BCUT2D eigenvalue weighted by Crippen LogP contribution is -2.60. The van der Waals surface area contributed by atoms with Crippen molar-refractivity contribution in [1.29, 1.82) is 0 Å². The smallest absolute Gasteiger partial charge is 0.329 e. The Kier molecular flexibility index (Phi) is 5.62. The maximum absolute atomic E-state index is 12.8. The molecule has 1 aliphatic rings. The van der Waals surface area contributed by atoms with E-state index in [0.29, 0.717) is 25.9 Å². The van der Waals surface area contributed by atoms with Crippen LogP contribution in [0.25, 0.3) is 0 Å². The van der Waals surface area contributed by atoms with Crippen molar-refractivity contribution in [3.63, 3.8) is 0 Å². The van der Waals surface area contributed by atoms with Gasteiger partial charge in [0.05, 0.1) is 13.5 Å². The SMILES string of the molecule is CON1CCC(C(=O)O)(N(C)C(=O)Cc2cc(C)ccc2C)CC1. The number of carbonyl (C=O) groups excluding carboxylic acids is 1. The summed E-state index contributed by atoms with van der Waals surface area (Å²) in [6, 6.07) is 5.98. The van der Waals surface area contributed by atoms with Crippen molar-refractivity contribution >= 4 is 11.9 Å². The molecule has 0 spiro atoms. The van der Waals surface area contributed by atoms with Crippen LogP contribution in [-0.2, 0) is 20.8 Å². The van der Waals surface area contributed by atoms with E-state index in [4.69, 9.17) is 4.84 Å². The monoisotopic (exact) mass is 334 g/mol. The number of carbonyl (C=O) groups is 2. The van der Waals surface area contributed by atoms with E-state index in [2.05, 4.69) is 0 Å². The van der Waals surface area contributed by atoms with Gasteiger partial charge in [-0.3, -0.25) is 4.79 Å². The second-order valence-corrected chi connectivity index (χ2v) is 6.51. The lowest BCUT2D eigenvalue weighted by Gasteiger charge is -2.43. The first-order valence-electron chi connectivity index (χ1n) is 8.15. The summed E-state index contributed by atoms with van der Waals surface area (Å²) in [5.74, 6) is -1.12. The van der Waals surface area contributed by atoms with Gasteiger partial charge in [-0.25, -0.2) is 4.79 Å². The zero-order valence-electron chi connectivity index (χ0n) is 14.8. The van der Waals surface area contributed by atoms with Crippen molar-refractivity contribution in [2.45, 2.75) is 38.6 Å². The summed E-state index contributed by atoms with van der Waals surface area (Å²) in [4.78, 5) is 31.3. The number of hydroxylamine groups is 2. The van der Waals surface area contributed by atoms with Crippen LogP contribution in [0.1, 0.15) is 29.5 Å². The third-order valence-electron chi connectivity index (χ3n) is 5.07. The quantitative estimate of drug-likeness (QED) is 0.889. The molecule has 0 radical (unpaired) electrons. The molecule has 6 heteroatoms.